The molecule has 1 aromatic carbocycles. The van der Waals surface area contributed by atoms with Crippen molar-refractivity contribution in [2.75, 3.05) is 6.54 Å². The van der Waals surface area contributed by atoms with Gasteiger partial charge in [-0.3, -0.25) is 9.36 Å². The van der Waals surface area contributed by atoms with E-state index in [4.69, 9.17) is 11.6 Å². The number of halogens is 8. The Hall–Kier alpha value is -3.77. The lowest BCUT2D eigenvalue weighted by molar-refractivity contribution is -0.207. The monoisotopic (exact) mass is 668 g/mol. The van der Waals surface area contributed by atoms with Crippen LogP contribution in [0.15, 0.2) is 51.9 Å². The zero-order valence-corrected chi connectivity index (χ0v) is 22.5. The molecular formula is C22H16BrClF6N8O3. The van der Waals surface area contributed by atoms with Crippen molar-refractivity contribution in [2.24, 2.45) is 0 Å². The van der Waals surface area contributed by atoms with Crippen LogP contribution in [0.4, 0.5) is 26.3 Å². The summed E-state index contributed by atoms with van der Waals surface area (Å²) in [6.45, 7) is -3.49. The summed E-state index contributed by atoms with van der Waals surface area (Å²) < 4.78 is 79.8. The second-order valence-corrected chi connectivity index (χ2v) is 9.60. The highest BCUT2D eigenvalue weighted by molar-refractivity contribution is 9.10. The normalized spacial score (nSPS) is 12.9. The first kappa shape index (κ1) is 30.2. The SMILES string of the molecule is O=C(NCC(F)(F)F)c1nc(Cn2nc(-c3ccc(Cl)cc3)n(C[C@H](O)C(F)(F)F)c2=O)nn1-c1ncccc1Br. The van der Waals surface area contributed by atoms with Gasteiger partial charge in [0, 0.05) is 16.8 Å². The molecule has 3 heterocycles. The third-order valence-corrected chi connectivity index (χ3v) is 6.16. The van der Waals surface area contributed by atoms with Crippen molar-refractivity contribution in [3.05, 3.63) is 74.2 Å². The molecule has 0 saturated heterocycles. The Labute approximate surface area is 238 Å². The quantitative estimate of drug-likeness (QED) is 0.275. The maximum atomic E-state index is 13.1. The van der Waals surface area contributed by atoms with E-state index in [1.807, 2.05) is 0 Å². The van der Waals surface area contributed by atoms with Crippen LogP contribution in [0, 0.1) is 0 Å². The Morgan fingerprint density at radius 1 is 1.10 bits per heavy atom. The predicted molar refractivity (Wildman–Crippen MR) is 133 cm³/mol. The fraction of sp³-hybridized carbons (Fsp3) is 0.273. The van der Waals surface area contributed by atoms with E-state index in [1.54, 1.807) is 5.32 Å². The molecule has 4 rings (SSSR count). The van der Waals surface area contributed by atoms with E-state index in [0.717, 1.165) is 4.68 Å². The molecule has 0 aliphatic heterocycles. The summed E-state index contributed by atoms with van der Waals surface area (Å²) >= 11 is 9.07. The molecule has 0 bridgehead atoms. The van der Waals surface area contributed by atoms with Crippen molar-refractivity contribution < 1.29 is 36.2 Å². The molecule has 0 aliphatic rings. The van der Waals surface area contributed by atoms with Crippen molar-refractivity contribution >= 4 is 33.4 Å². The van der Waals surface area contributed by atoms with E-state index in [9.17, 15) is 41.0 Å². The van der Waals surface area contributed by atoms with Gasteiger partial charge in [0.1, 0.15) is 13.1 Å². The van der Waals surface area contributed by atoms with Gasteiger partial charge in [0.2, 0.25) is 5.82 Å². The van der Waals surface area contributed by atoms with Gasteiger partial charge in [-0.15, -0.1) is 10.2 Å². The number of aromatic nitrogens is 7. The second kappa shape index (κ2) is 11.6. The van der Waals surface area contributed by atoms with E-state index in [1.165, 1.54) is 42.6 Å². The minimum Gasteiger partial charge on any atom is -0.382 e. The largest absolute Gasteiger partial charge is 0.416 e. The number of rotatable bonds is 8. The summed E-state index contributed by atoms with van der Waals surface area (Å²) in [6, 6.07) is 8.63. The Kier molecular flexibility index (Phi) is 8.55. The maximum absolute atomic E-state index is 13.1. The third-order valence-electron chi connectivity index (χ3n) is 5.29. The molecule has 11 nitrogen and oxygen atoms in total. The molecule has 0 aliphatic carbocycles. The molecule has 218 valence electrons. The molecular weight excluding hydrogens is 654 g/mol. The summed E-state index contributed by atoms with van der Waals surface area (Å²) in [6.07, 6.45) is -11.4. The van der Waals surface area contributed by atoms with E-state index in [2.05, 4.69) is 36.1 Å². The van der Waals surface area contributed by atoms with Crippen molar-refractivity contribution in [1.82, 2.24) is 39.4 Å². The number of carbonyl (C=O) groups is 1. The fourth-order valence-electron chi connectivity index (χ4n) is 3.44. The lowest BCUT2D eigenvalue weighted by Crippen LogP contribution is -2.37. The number of benzene rings is 1. The molecule has 0 radical (unpaired) electrons. The predicted octanol–water partition coefficient (Wildman–Crippen LogP) is 3.37. The molecule has 41 heavy (non-hydrogen) atoms. The lowest BCUT2D eigenvalue weighted by atomic mass is 10.2. The van der Waals surface area contributed by atoms with Crippen LogP contribution in [0.3, 0.4) is 0 Å². The number of carbonyl (C=O) groups excluding carboxylic acids is 1. The molecule has 19 heteroatoms. The Balaban J connectivity index is 1.77. The topological polar surface area (TPSA) is 133 Å². The number of aliphatic hydroxyl groups is 1. The first-order valence-electron chi connectivity index (χ1n) is 11.2. The van der Waals surface area contributed by atoms with Crippen molar-refractivity contribution in [3.63, 3.8) is 0 Å². The first-order valence-corrected chi connectivity index (χ1v) is 12.4. The average Bonchev–Trinajstić information content (AvgIpc) is 3.44. The molecule has 2 N–H and O–H groups in total. The van der Waals surface area contributed by atoms with Gasteiger partial charge in [0.05, 0.1) is 11.0 Å². The molecule has 3 aromatic heterocycles. The van der Waals surface area contributed by atoms with E-state index >= 15 is 0 Å². The summed E-state index contributed by atoms with van der Waals surface area (Å²) in [4.78, 5) is 33.7. The van der Waals surface area contributed by atoms with Crippen molar-refractivity contribution in [1.29, 1.82) is 0 Å². The number of aliphatic hydroxyl groups excluding tert-OH is 1. The van der Waals surface area contributed by atoms with Gasteiger partial charge in [0.15, 0.2) is 23.6 Å². The molecule has 0 unspecified atom stereocenters. The van der Waals surface area contributed by atoms with Crippen LogP contribution >= 0.6 is 27.5 Å². The van der Waals surface area contributed by atoms with E-state index in [0.29, 0.717) is 14.3 Å². The van der Waals surface area contributed by atoms with Gasteiger partial charge in [-0.25, -0.2) is 19.4 Å². The number of hydrogen-bond acceptors (Lipinski definition) is 7. The highest BCUT2D eigenvalue weighted by Gasteiger charge is 2.39. The smallest absolute Gasteiger partial charge is 0.382 e. The molecule has 4 aromatic rings. The fourth-order valence-corrected chi connectivity index (χ4v) is 3.99. The highest BCUT2D eigenvalue weighted by atomic mass is 79.9. The number of nitrogens with one attached hydrogen (secondary N) is 1. The number of hydrogen-bond donors (Lipinski definition) is 2. The van der Waals surface area contributed by atoms with Gasteiger partial charge in [-0.1, -0.05) is 11.6 Å². The first-order chi connectivity index (χ1) is 19.1. The standard InChI is InChI=1S/C22H16BrClF6N8O3/c23-13-2-1-7-31-17(13)38-18(19(40)32-10-21(25,26)27)33-15(34-38)9-37-20(41)36(8-14(39)22(28,29)30)16(35-37)11-3-5-12(24)6-4-11/h1-7,14,39H,8-10H2,(H,32,40)/t14-/m0/s1. The van der Waals surface area contributed by atoms with Crippen LogP contribution in [0.5, 0.6) is 0 Å². The Bertz CT molecular complexity index is 1620. The summed E-state index contributed by atoms with van der Waals surface area (Å²) in [5, 5.41) is 19.7. The van der Waals surface area contributed by atoms with E-state index in [-0.39, 0.29) is 27.5 Å². The summed E-state index contributed by atoms with van der Waals surface area (Å²) in [5.74, 6) is -2.50. The third kappa shape index (κ3) is 7.12. The summed E-state index contributed by atoms with van der Waals surface area (Å²) in [7, 11) is 0. The Morgan fingerprint density at radius 2 is 1.78 bits per heavy atom. The van der Waals surface area contributed by atoms with Gasteiger partial charge in [0.25, 0.3) is 5.91 Å². The molecule has 1 amide bonds. The van der Waals surface area contributed by atoms with Crippen LogP contribution < -0.4 is 11.0 Å². The van der Waals surface area contributed by atoms with Gasteiger partial charge >= 0.3 is 18.0 Å². The van der Waals surface area contributed by atoms with Gasteiger partial charge in [-0.05, 0) is 52.3 Å². The van der Waals surface area contributed by atoms with Crippen molar-refractivity contribution in [3.8, 4) is 17.2 Å². The van der Waals surface area contributed by atoms with E-state index < -0.39 is 55.5 Å². The lowest BCUT2D eigenvalue weighted by Gasteiger charge is -2.15. The zero-order valence-electron chi connectivity index (χ0n) is 20.2. The molecule has 0 fully saturated rings. The minimum absolute atomic E-state index is 0.0311. The summed E-state index contributed by atoms with van der Waals surface area (Å²) in [5.41, 5.74) is -0.917. The molecule has 1 atom stereocenters. The maximum Gasteiger partial charge on any atom is 0.416 e. The van der Waals surface area contributed by atoms with Gasteiger partial charge < -0.3 is 10.4 Å². The number of amides is 1. The highest BCUT2D eigenvalue weighted by Crippen LogP contribution is 2.24. The van der Waals surface area contributed by atoms with Crippen LogP contribution in [-0.4, -0.2) is 70.1 Å². The van der Waals surface area contributed by atoms with Crippen LogP contribution in [0.2, 0.25) is 5.02 Å². The van der Waals surface area contributed by atoms with Gasteiger partial charge in [-0.2, -0.15) is 31.0 Å². The zero-order chi connectivity index (χ0) is 30.1. The number of alkyl halides is 6. The van der Waals surface area contributed by atoms with Crippen LogP contribution in [0.1, 0.15) is 16.4 Å². The van der Waals surface area contributed by atoms with Crippen LogP contribution in [0.25, 0.3) is 17.2 Å². The average molecular weight is 670 g/mol. The molecule has 0 saturated carbocycles. The molecule has 0 spiro atoms. The Morgan fingerprint density at radius 3 is 2.39 bits per heavy atom. The minimum atomic E-state index is -5.05. The van der Waals surface area contributed by atoms with Crippen LogP contribution in [-0.2, 0) is 13.1 Å². The second-order valence-electron chi connectivity index (χ2n) is 8.31. The number of pyridine rings is 1. The van der Waals surface area contributed by atoms with Crippen molar-refractivity contribution in [2.45, 2.75) is 31.5 Å². The number of nitrogens with zero attached hydrogens (tertiary/aromatic N) is 7.